The Morgan fingerprint density at radius 3 is 2.55 bits per heavy atom. The molecule has 2 N–H and O–H groups in total. The lowest BCUT2D eigenvalue weighted by Gasteiger charge is -2.20. The topological polar surface area (TPSA) is 95.9 Å². The number of ether oxygens (including phenoxy) is 1. The van der Waals surface area contributed by atoms with Crippen molar-refractivity contribution >= 4 is 23.4 Å². The molecule has 1 saturated heterocycles. The average molecular weight is 422 g/mol. The van der Waals surface area contributed by atoms with E-state index < -0.39 is 11.8 Å². The Morgan fingerprint density at radius 1 is 1.13 bits per heavy atom. The predicted octanol–water partition coefficient (Wildman–Crippen LogP) is 3.72. The number of imide groups is 1. The third-order valence-electron chi connectivity index (χ3n) is 5.75. The van der Waals surface area contributed by atoms with Crippen LogP contribution in [0.2, 0.25) is 0 Å². The summed E-state index contributed by atoms with van der Waals surface area (Å²) >= 11 is 0. The predicted molar refractivity (Wildman–Crippen MR) is 116 cm³/mol. The summed E-state index contributed by atoms with van der Waals surface area (Å²) in [4.78, 5) is 39.5. The summed E-state index contributed by atoms with van der Waals surface area (Å²) in [6.45, 7) is 6.98. The minimum absolute atomic E-state index is 0.0449. The Kier molecular flexibility index (Phi) is 5.31. The van der Waals surface area contributed by atoms with Gasteiger partial charge in [-0.1, -0.05) is 26.8 Å². The Hall–Kier alpha value is -3.19. The van der Waals surface area contributed by atoms with E-state index in [1.807, 2.05) is 26.8 Å². The maximum Gasteiger partial charge on any atom is 0.261 e. The van der Waals surface area contributed by atoms with E-state index in [2.05, 4.69) is 5.32 Å². The molecule has 31 heavy (non-hydrogen) atoms. The molecule has 4 rings (SSSR count). The third-order valence-corrected chi connectivity index (χ3v) is 5.75. The summed E-state index contributed by atoms with van der Waals surface area (Å²) in [6.07, 6.45) is 1.60. The first-order chi connectivity index (χ1) is 14.6. The van der Waals surface area contributed by atoms with Crippen molar-refractivity contribution in [1.82, 2.24) is 4.90 Å². The van der Waals surface area contributed by atoms with Gasteiger partial charge in [0.15, 0.2) is 0 Å². The number of nitrogens with one attached hydrogen (secondary N) is 1. The SMILES string of the molecule is CC(C)(C)c1ccc(O)c(NC(=O)c2ccc3c(c2)C(=O)N(CC2CCCO2)C3=O)c1. The van der Waals surface area contributed by atoms with Gasteiger partial charge in [-0.05, 0) is 54.2 Å². The molecular weight excluding hydrogens is 396 g/mol. The zero-order valence-electron chi connectivity index (χ0n) is 17.9. The van der Waals surface area contributed by atoms with Gasteiger partial charge >= 0.3 is 0 Å². The molecule has 0 aliphatic carbocycles. The van der Waals surface area contributed by atoms with Gasteiger partial charge in [-0.25, -0.2) is 0 Å². The molecule has 0 radical (unpaired) electrons. The molecular formula is C24H26N2O5. The summed E-state index contributed by atoms with van der Waals surface area (Å²) in [5.74, 6) is -1.29. The highest BCUT2D eigenvalue weighted by atomic mass is 16.5. The number of rotatable bonds is 4. The monoisotopic (exact) mass is 422 g/mol. The molecule has 0 aromatic heterocycles. The molecule has 162 valence electrons. The second-order valence-electron chi connectivity index (χ2n) is 9.05. The van der Waals surface area contributed by atoms with Crippen molar-refractivity contribution in [2.75, 3.05) is 18.5 Å². The molecule has 2 aromatic rings. The van der Waals surface area contributed by atoms with Gasteiger partial charge in [-0.15, -0.1) is 0 Å². The van der Waals surface area contributed by atoms with Gasteiger partial charge in [0.05, 0.1) is 29.5 Å². The highest BCUT2D eigenvalue weighted by molar-refractivity contribution is 6.22. The number of phenolic OH excluding ortho intramolecular Hbond substituents is 1. The number of nitrogens with zero attached hydrogens (tertiary/aromatic N) is 1. The van der Waals surface area contributed by atoms with E-state index in [1.165, 1.54) is 23.1 Å². The Bertz CT molecular complexity index is 1060. The van der Waals surface area contributed by atoms with Crippen molar-refractivity contribution in [2.45, 2.75) is 45.1 Å². The van der Waals surface area contributed by atoms with Gasteiger partial charge in [0.25, 0.3) is 17.7 Å². The number of benzene rings is 2. The number of carbonyl (C=O) groups is 3. The van der Waals surface area contributed by atoms with Gasteiger partial charge in [-0.2, -0.15) is 0 Å². The number of aromatic hydroxyl groups is 1. The number of hydrogen-bond donors (Lipinski definition) is 2. The van der Waals surface area contributed by atoms with Crippen molar-refractivity contribution in [2.24, 2.45) is 0 Å². The van der Waals surface area contributed by atoms with Crippen LogP contribution in [0.15, 0.2) is 36.4 Å². The van der Waals surface area contributed by atoms with Crippen LogP contribution in [0.1, 0.15) is 70.3 Å². The number of carbonyl (C=O) groups excluding carboxylic acids is 3. The second kappa shape index (κ2) is 7.81. The molecule has 0 saturated carbocycles. The van der Waals surface area contributed by atoms with Gasteiger partial charge in [-0.3, -0.25) is 19.3 Å². The first-order valence-electron chi connectivity index (χ1n) is 10.4. The lowest BCUT2D eigenvalue weighted by Crippen LogP contribution is -2.36. The number of phenols is 1. The molecule has 1 atom stereocenters. The molecule has 2 aliphatic heterocycles. The molecule has 1 unspecified atom stereocenters. The molecule has 1 fully saturated rings. The maximum absolute atomic E-state index is 12.8. The lowest BCUT2D eigenvalue weighted by atomic mass is 9.87. The molecule has 2 aliphatic rings. The Balaban J connectivity index is 1.55. The van der Waals surface area contributed by atoms with Crippen LogP contribution in [0, 0.1) is 0 Å². The van der Waals surface area contributed by atoms with Crippen LogP contribution in [0.5, 0.6) is 5.75 Å². The van der Waals surface area contributed by atoms with E-state index in [4.69, 9.17) is 4.74 Å². The summed E-state index contributed by atoms with van der Waals surface area (Å²) in [5.41, 5.74) is 1.83. The normalized spacial score (nSPS) is 18.4. The number of hydrogen-bond acceptors (Lipinski definition) is 5. The highest BCUT2D eigenvalue weighted by Crippen LogP contribution is 2.31. The van der Waals surface area contributed by atoms with Crippen LogP contribution >= 0.6 is 0 Å². The maximum atomic E-state index is 12.8. The van der Waals surface area contributed by atoms with E-state index in [9.17, 15) is 19.5 Å². The summed E-state index contributed by atoms with van der Waals surface area (Å²) in [7, 11) is 0. The smallest absolute Gasteiger partial charge is 0.261 e. The molecule has 0 spiro atoms. The lowest BCUT2D eigenvalue weighted by molar-refractivity contribution is 0.0475. The summed E-state index contributed by atoms with van der Waals surface area (Å²) in [6, 6.07) is 9.55. The van der Waals surface area contributed by atoms with E-state index in [0.29, 0.717) is 12.3 Å². The first-order valence-corrected chi connectivity index (χ1v) is 10.4. The van der Waals surface area contributed by atoms with Gasteiger partial charge in [0.2, 0.25) is 0 Å². The van der Waals surface area contributed by atoms with Crippen LogP contribution in [-0.4, -0.2) is 47.0 Å². The number of anilines is 1. The van der Waals surface area contributed by atoms with Crippen LogP contribution in [0.25, 0.3) is 0 Å². The molecule has 7 heteroatoms. The zero-order valence-corrected chi connectivity index (χ0v) is 17.9. The van der Waals surface area contributed by atoms with Crippen molar-refractivity contribution in [1.29, 1.82) is 0 Å². The minimum atomic E-state index is -0.470. The second-order valence-corrected chi connectivity index (χ2v) is 9.05. The Morgan fingerprint density at radius 2 is 1.87 bits per heavy atom. The van der Waals surface area contributed by atoms with Crippen molar-refractivity contribution in [3.63, 3.8) is 0 Å². The van der Waals surface area contributed by atoms with E-state index >= 15 is 0 Å². The Labute approximate surface area is 181 Å². The van der Waals surface area contributed by atoms with E-state index in [1.54, 1.807) is 12.1 Å². The fourth-order valence-corrected chi connectivity index (χ4v) is 3.89. The standard InChI is InChI=1S/C24H26N2O5/c1-24(2,3)15-7-9-20(27)19(12-15)25-21(28)14-6-8-17-18(11-14)23(30)26(22(17)29)13-16-5-4-10-31-16/h6-9,11-12,16,27H,4-5,10,13H2,1-3H3,(H,25,28). The molecule has 7 nitrogen and oxygen atoms in total. The van der Waals surface area contributed by atoms with Crippen LogP contribution in [0.4, 0.5) is 5.69 Å². The zero-order chi connectivity index (χ0) is 22.3. The fraction of sp³-hybridized carbons (Fsp3) is 0.375. The largest absolute Gasteiger partial charge is 0.506 e. The van der Waals surface area contributed by atoms with E-state index in [0.717, 1.165) is 18.4 Å². The van der Waals surface area contributed by atoms with Crippen LogP contribution < -0.4 is 5.32 Å². The molecule has 2 aromatic carbocycles. The van der Waals surface area contributed by atoms with Crippen molar-refractivity contribution in [3.8, 4) is 5.75 Å². The van der Waals surface area contributed by atoms with Gasteiger partial charge in [0.1, 0.15) is 5.75 Å². The summed E-state index contributed by atoms with van der Waals surface area (Å²) < 4.78 is 5.55. The molecule has 0 bridgehead atoms. The first kappa shape index (κ1) is 21.1. The minimum Gasteiger partial charge on any atom is -0.506 e. The highest BCUT2D eigenvalue weighted by Gasteiger charge is 2.38. The molecule has 2 heterocycles. The quantitative estimate of drug-likeness (QED) is 0.578. The van der Waals surface area contributed by atoms with Crippen molar-refractivity contribution < 1.29 is 24.2 Å². The van der Waals surface area contributed by atoms with Crippen LogP contribution in [0.3, 0.4) is 0 Å². The average Bonchev–Trinajstić information content (AvgIpc) is 3.31. The summed E-state index contributed by atoms with van der Waals surface area (Å²) in [5, 5.41) is 12.9. The van der Waals surface area contributed by atoms with Crippen molar-refractivity contribution in [3.05, 3.63) is 58.7 Å². The van der Waals surface area contributed by atoms with Crippen LogP contribution in [-0.2, 0) is 10.2 Å². The van der Waals surface area contributed by atoms with Gasteiger partial charge < -0.3 is 15.2 Å². The van der Waals surface area contributed by atoms with E-state index in [-0.39, 0.29) is 46.4 Å². The van der Waals surface area contributed by atoms with Gasteiger partial charge in [0, 0.05) is 12.2 Å². The molecule has 3 amide bonds. The number of amides is 3. The fourth-order valence-electron chi connectivity index (χ4n) is 3.89. The number of fused-ring (bicyclic) bond motifs is 1. The third kappa shape index (κ3) is 4.05.